The van der Waals surface area contributed by atoms with E-state index < -0.39 is 21.0 Å². The predicted octanol–water partition coefficient (Wildman–Crippen LogP) is 2.94. The molecule has 1 aliphatic rings. The lowest BCUT2D eigenvalue weighted by molar-refractivity contribution is -0.117. The predicted molar refractivity (Wildman–Crippen MR) is 105 cm³/mol. The lowest BCUT2D eigenvalue weighted by atomic mass is 9.87. The number of nitrogens with one attached hydrogen (secondary N) is 1. The molecule has 9 heteroatoms. The van der Waals surface area contributed by atoms with E-state index in [1.807, 2.05) is 13.8 Å². The number of rotatable bonds is 6. The van der Waals surface area contributed by atoms with Crippen LogP contribution < -0.4 is 5.32 Å². The van der Waals surface area contributed by atoms with Crippen molar-refractivity contribution in [3.05, 3.63) is 29.6 Å². The summed E-state index contributed by atoms with van der Waals surface area (Å²) in [4.78, 5) is 16.9. The monoisotopic (exact) mass is 409 g/mol. The Morgan fingerprint density at radius 3 is 2.54 bits per heavy atom. The first-order valence-corrected chi connectivity index (χ1v) is 10.5. The lowest BCUT2D eigenvalue weighted by Gasteiger charge is -2.29. The minimum atomic E-state index is -1.34. The molecule has 1 saturated heterocycles. The van der Waals surface area contributed by atoms with Crippen LogP contribution in [0.1, 0.15) is 57.9 Å². The van der Waals surface area contributed by atoms with Crippen molar-refractivity contribution in [1.29, 1.82) is 0 Å². The number of aromatic nitrogens is 2. The molecular weight excluding hydrogens is 382 g/mol. The van der Waals surface area contributed by atoms with E-state index in [0.717, 1.165) is 0 Å². The number of carbonyl (C=O) groups is 1. The zero-order chi connectivity index (χ0) is 20.5. The van der Waals surface area contributed by atoms with Crippen molar-refractivity contribution in [2.45, 2.75) is 62.9 Å². The van der Waals surface area contributed by atoms with E-state index in [1.54, 1.807) is 33.0 Å². The highest BCUT2D eigenvalue weighted by molar-refractivity contribution is 7.87. The summed E-state index contributed by atoms with van der Waals surface area (Å²) < 4.78 is 28.1. The average molecular weight is 410 g/mol. The Bertz CT molecular complexity index is 865. The molecule has 1 atom stereocenters. The zero-order valence-corrected chi connectivity index (χ0v) is 17.7. The van der Waals surface area contributed by atoms with Gasteiger partial charge in [0.2, 0.25) is 11.8 Å². The van der Waals surface area contributed by atoms with Crippen molar-refractivity contribution in [1.82, 2.24) is 10.1 Å². The summed E-state index contributed by atoms with van der Waals surface area (Å²) in [5, 5.41) is 6.74. The van der Waals surface area contributed by atoms with Gasteiger partial charge in [0, 0.05) is 42.3 Å². The first-order valence-electron chi connectivity index (χ1n) is 9.32. The summed E-state index contributed by atoms with van der Waals surface area (Å²) in [6, 6.07) is 1.66. The van der Waals surface area contributed by atoms with E-state index in [1.165, 1.54) is 0 Å². The topological polar surface area (TPSA) is 107 Å². The Labute approximate surface area is 166 Å². The van der Waals surface area contributed by atoms with Crippen molar-refractivity contribution < 1.29 is 22.7 Å². The van der Waals surface area contributed by atoms with Crippen LogP contribution in [0.5, 0.6) is 0 Å². The van der Waals surface area contributed by atoms with Crippen LogP contribution in [0, 0.1) is 6.92 Å². The molecule has 1 N–H and O–H groups in total. The third kappa shape index (κ3) is 4.05. The van der Waals surface area contributed by atoms with Gasteiger partial charge in [0.25, 0.3) is 0 Å². The van der Waals surface area contributed by atoms with E-state index >= 15 is 0 Å². The highest BCUT2D eigenvalue weighted by Gasteiger charge is 2.40. The first kappa shape index (κ1) is 20.7. The third-order valence-corrected chi connectivity index (χ3v) is 7.41. The summed E-state index contributed by atoms with van der Waals surface area (Å²) in [6.07, 6.45) is 3.05. The van der Waals surface area contributed by atoms with Gasteiger partial charge >= 0.3 is 0 Å². The van der Waals surface area contributed by atoms with Crippen LogP contribution >= 0.6 is 0 Å². The molecule has 3 heterocycles. The molecule has 1 aliphatic heterocycles. The number of hydrogen-bond acceptors (Lipinski definition) is 7. The minimum Gasteiger partial charge on any atom is -0.445 e. The molecule has 154 valence electrons. The second-order valence-corrected chi connectivity index (χ2v) is 10.3. The fourth-order valence-corrected chi connectivity index (χ4v) is 4.75. The molecule has 2 aromatic rings. The number of oxazole rings is 1. The van der Waals surface area contributed by atoms with Crippen molar-refractivity contribution in [3.63, 3.8) is 0 Å². The zero-order valence-electron chi connectivity index (χ0n) is 16.9. The number of hydrogen-bond donors (Lipinski definition) is 1. The molecule has 0 bridgehead atoms. The molecular formula is C19H27N3O5S. The van der Waals surface area contributed by atoms with E-state index in [0.29, 0.717) is 43.4 Å². The van der Waals surface area contributed by atoms with E-state index in [4.69, 9.17) is 13.7 Å². The summed E-state index contributed by atoms with van der Waals surface area (Å²) in [6.45, 7) is 10.2. The van der Waals surface area contributed by atoms with Gasteiger partial charge in [0.15, 0.2) is 5.89 Å². The summed E-state index contributed by atoms with van der Waals surface area (Å²) in [7, 11) is -1.34. The standard InChI is InChI=1S/C19H27N3O5S/c1-12-20-11-15(26-12)18(2,3)14-10-16(27-22-14)21-17(23)19(4,5)28(24)13-6-8-25-9-7-13/h10-11,13H,6-9H2,1-5H3,(H,21,23). The molecule has 0 aromatic carbocycles. The van der Waals surface area contributed by atoms with Crippen LogP contribution in [0.2, 0.25) is 0 Å². The number of nitrogens with zero attached hydrogens (tertiary/aromatic N) is 2. The Morgan fingerprint density at radius 1 is 1.25 bits per heavy atom. The Kier molecular flexibility index (Phi) is 5.77. The summed E-state index contributed by atoms with van der Waals surface area (Å²) in [5.41, 5.74) is 0.0241. The molecule has 3 rings (SSSR count). The minimum absolute atomic E-state index is 0.0478. The Morgan fingerprint density at radius 2 is 1.93 bits per heavy atom. The maximum atomic E-state index is 12.9. The van der Waals surface area contributed by atoms with Gasteiger partial charge in [-0.3, -0.25) is 14.3 Å². The number of carbonyl (C=O) groups excluding carboxylic acids is 1. The maximum absolute atomic E-state index is 12.9. The van der Waals surface area contributed by atoms with Gasteiger partial charge in [-0.1, -0.05) is 5.16 Å². The molecule has 0 saturated carbocycles. The largest absolute Gasteiger partial charge is 0.445 e. The second kappa shape index (κ2) is 7.79. The van der Waals surface area contributed by atoms with Crippen LogP contribution in [0.25, 0.3) is 0 Å². The molecule has 1 unspecified atom stereocenters. The van der Waals surface area contributed by atoms with Gasteiger partial charge in [-0.05, 0) is 40.5 Å². The van der Waals surface area contributed by atoms with Crippen molar-refractivity contribution in [2.75, 3.05) is 18.5 Å². The van der Waals surface area contributed by atoms with Gasteiger partial charge in [0.05, 0.1) is 17.3 Å². The van der Waals surface area contributed by atoms with Crippen molar-refractivity contribution >= 4 is 22.6 Å². The fourth-order valence-electron chi connectivity index (χ4n) is 3.07. The Balaban J connectivity index is 1.71. The van der Waals surface area contributed by atoms with Gasteiger partial charge in [-0.25, -0.2) is 4.98 Å². The van der Waals surface area contributed by atoms with E-state index in [2.05, 4.69) is 15.5 Å². The second-order valence-electron chi connectivity index (χ2n) is 8.02. The molecule has 0 spiro atoms. The van der Waals surface area contributed by atoms with Crippen LogP contribution in [-0.4, -0.2) is 43.5 Å². The van der Waals surface area contributed by atoms with Gasteiger partial charge in [-0.15, -0.1) is 0 Å². The molecule has 0 radical (unpaired) electrons. The number of amides is 1. The molecule has 8 nitrogen and oxygen atoms in total. The molecule has 1 amide bonds. The van der Waals surface area contributed by atoms with Crippen molar-refractivity contribution in [2.24, 2.45) is 0 Å². The smallest absolute Gasteiger partial charge is 0.245 e. The normalized spacial score (nSPS) is 17.5. The number of anilines is 1. The highest BCUT2D eigenvalue weighted by atomic mass is 32.2. The third-order valence-electron chi connectivity index (χ3n) is 5.15. The van der Waals surface area contributed by atoms with E-state index in [-0.39, 0.29) is 17.0 Å². The van der Waals surface area contributed by atoms with Crippen LogP contribution in [0.3, 0.4) is 0 Å². The average Bonchev–Trinajstić information content (AvgIpc) is 3.31. The van der Waals surface area contributed by atoms with E-state index in [9.17, 15) is 9.00 Å². The van der Waals surface area contributed by atoms with Crippen LogP contribution in [0.4, 0.5) is 5.88 Å². The highest BCUT2D eigenvalue weighted by Crippen LogP contribution is 2.33. The Hall–Kier alpha value is -2.00. The first-order chi connectivity index (χ1) is 13.1. The molecule has 1 fully saturated rings. The van der Waals surface area contributed by atoms with Crippen molar-refractivity contribution in [3.8, 4) is 0 Å². The lowest BCUT2D eigenvalue weighted by Crippen LogP contribution is -2.46. The molecule has 28 heavy (non-hydrogen) atoms. The maximum Gasteiger partial charge on any atom is 0.245 e. The number of aryl methyl sites for hydroxylation is 1. The van der Waals surface area contributed by atoms with Gasteiger partial charge in [0.1, 0.15) is 10.5 Å². The quantitative estimate of drug-likeness (QED) is 0.781. The van der Waals surface area contributed by atoms with Crippen LogP contribution in [-0.2, 0) is 25.7 Å². The fraction of sp³-hybridized carbons (Fsp3) is 0.632. The SMILES string of the molecule is Cc1ncc(C(C)(C)c2cc(NC(=O)C(C)(C)S(=O)C3CCOCC3)on2)o1. The van der Waals surface area contributed by atoms with Crippen LogP contribution in [0.15, 0.2) is 21.2 Å². The molecule has 2 aromatic heterocycles. The van der Waals surface area contributed by atoms with Gasteiger partial charge < -0.3 is 13.7 Å². The van der Waals surface area contributed by atoms with Gasteiger partial charge in [-0.2, -0.15) is 0 Å². The number of ether oxygens (including phenoxy) is 1. The molecule has 0 aliphatic carbocycles. The summed E-state index contributed by atoms with van der Waals surface area (Å²) in [5.74, 6) is 1.06. The summed E-state index contributed by atoms with van der Waals surface area (Å²) >= 11 is 0.